The molecule has 2 aromatic carbocycles. The van der Waals surface area contributed by atoms with Crippen LogP contribution in [0.25, 0.3) is 10.1 Å². The van der Waals surface area contributed by atoms with E-state index in [0.717, 1.165) is 22.3 Å². The maximum Gasteiger partial charge on any atom is 0.313 e. The van der Waals surface area contributed by atoms with Gasteiger partial charge >= 0.3 is 5.97 Å². The Morgan fingerprint density at radius 1 is 1.17 bits per heavy atom. The van der Waals surface area contributed by atoms with E-state index in [0.29, 0.717) is 19.6 Å². The fourth-order valence-electron chi connectivity index (χ4n) is 2.89. The van der Waals surface area contributed by atoms with Gasteiger partial charge in [0, 0.05) is 10.3 Å². The third kappa shape index (κ3) is 2.82. The minimum atomic E-state index is -0.227. The first kappa shape index (κ1) is 14.3. The summed E-state index contributed by atoms with van der Waals surface area (Å²) in [5.74, 6) is 0.463. The zero-order valence-electron chi connectivity index (χ0n) is 12.5. The molecule has 116 valence electrons. The van der Waals surface area contributed by atoms with E-state index in [1.807, 2.05) is 36.4 Å². The molecule has 0 fully saturated rings. The lowest BCUT2D eigenvalue weighted by molar-refractivity contribution is -0.151. The minimum absolute atomic E-state index is 0.185. The summed E-state index contributed by atoms with van der Waals surface area (Å²) in [6.07, 6.45) is 0.680. The van der Waals surface area contributed by atoms with E-state index >= 15 is 0 Å². The average molecular weight is 324 g/mol. The lowest BCUT2D eigenvalue weighted by Gasteiger charge is -2.23. The van der Waals surface area contributed by atoms with Gasteiger partial charge in [-0.1, -0.05) is 36.4 Å². The van der Waals surface area contributed by atoms with Crippen LogP contribution in [-0.4, -0.2) is 12.6 Å². The number of rotatable bonds is 3. The number of para-hydroxylation sites is 1. The zero-order valence-corrected chi connectivity index (χ0v) is 13.3. The van der Waals surface area contributed by atoms with Gasteiger partial charge in [0.1, 0.15) is 19.0 Å². The van der Waals surface area contributed by atoms with Crippen molar-refractivity contribution in [3.8, 4) is 5.75 Å². The van der Waals surface area contributed by atoms with Gasteiger partial charge in [-0.25, -0.2) is 0 Å². The molecule has 3 nitrogen and oxygen atoms in total. The van der Waals surface area contributed by atoms with Gasteiger partial charge in [0.2, 0.25) is 0 Å². The Morgan fingerprint density at radius 2 is 2.00 bits per heavy atom. The van der Waals surface area contributed by atoms with E-state index in [4.69, 9.17) is 9.47 Å². The predicted octanol–water partition coefficient (Wildman–Crippen LogP) is 4.20. The quantitative estimate of drug-likeness (QED) is 0.678. The summed E-state index contributed by atoms with van der Waals surface area (Å²) >= 11 is 1.68. The first-order chi connectivity index (χ1) is 11.3. The smallest absolute Gasteiger partial charge is 0.313 e. The van der Waals surface area contributed by atoms with Gasteiger partial charge in [0.25, 0.3) is 0 Å². The Bertz CT molecular complexity index is 852. The van der Waals surface area contributed by atoms with Crippen molar-refractivity contribution in [1.82, 2.24) is 0 Å². The van der Waals surface area contributed by atoms with E-state index in [2.05, 4.69) is 17.5 Å². The number of thiophene rings is 1. The molecule has 0 aliphatic carbocycles. The molecule has 0 amide bonds. The lowest BCUT2D eigenvalue weighted by Crippen LogP contribution is -2.29. The summed E-state index contributed by atoms with van der Waals surface area (Å²) in [5.41, 5.74) is 2.14. The summed E-state index contributed by atoms with van der Waals surface area (Å²) in [7, 11) is 0. The summed E-state index contributed by atoms with van der Waals surface area (Å²) < 4.78 is 12.4. The first-order valence-electron chi connectivity index (χ1n) is 7.64. The Hall–Kier alpha value is -2.33. The Morgan fingerprint density at radius 3 is 2.96 bits per heavy atom. The molecule has 0 radical (unpaired) electrons. The van der Waals surface area contributed by atoms with Crippen LogP contribution in [0.15, 0.2) is 53.9 Å². The van der Waals surface area contributed by atoms with E-state index in [1.54, 1.807) is 11.3 Å². The highest BCUT2D eigenvalue weighted by Gasteiger charge is 2.27. The zero-order chi connectivity index (χ0) is 15.6. The predicted molar refractivity (Wildman–Crippen MR) is 90.8 cm³/mol. The SMILES string of the molecule is O=C(OCc1csc2ccccc12)C1COc2ccccc2C1. The maximum absolute atomic E-state index is 12.3. The van der Waals surface area contributed by atoms with Gasteiger partial charge in [-0.2, -0.15) is 0 Å². The highest BCUT2D eigenvalue weighted by molar-refractivity contribution is 7.17. The normalized spacial score (nSPS) is 16.6. The monoisotopic (exact) mass is 324 g/mol. The number of hydrogen-bond acceptors (Lipinski definition) is 4. The average Bonchev–Trinajstić information content (AvgIpc) is 3.02. The Kier molecular flexibility index (Phi) is 3.75. The van der Waals surface area contributed by atoms with Crippen LogP contribution < -0.4 is 4.74 Å². The lowest BCUT2D eigenvalue weighted by atomic mass is 9.97. The minimum Gasteiger partial charge on any atom is -0.492 e. The molecule has 4 rings (SSSR count). The number of hydrogen-bond donors (Lipinski definition) is 0. The van der Waals surface area contributed by atoms with Crippen LogP contribution in [0, 0.1) is 5.92 Å². The summed E-state index contributed by atoms with van der Waals surface area (Å²) in [4.78, 5) is 12.3. The van der Waals surface area contributed by atoms with Crippen LogP contribution in [0.1, 0.15) is 11.1 Å². The molecule has 0 N–H and O–H groups in total. The molecule has 0 spiro atoms. The van der Waals surface area contributed by atoms with Crippen LogP contribution in [0.2, 0.25) is 0 Å². The molecule has 1 aliphatic rings. The second-order valence-corrected chi connectivity index (χ2v) is 6.60. The van der Waals surface area contributed by atoms with Crippen molar-refractivity contribution in [2.24, 2.45) is 5.92 Å². The van der Waals surface area contributed by atoms with Crippen molar-refractivity contribution in [3.05, 3.63) is 65.0 Å². The number of carbonyl (C=O) groups excluding carboxylic acids is 1. The standard InChI is InChI=1S/C19H16O3S/c20-19(14-9-13-5-1-3-7-17(13)21-10-14)22-11-15-12-23-18-8-4-2-6-16(15)18/h1-8,12,14H,9-11H2. The second kappa shape index (κ2) is 6.05. The van der Waals surface area contributed by atoms with Crippen LogP contribution in [0.3, 0.4) is 0 Å². The number of carbonyl (C=O) groups is 1. The summed E-state index contributed by atoms with van der Waals surface area (Å²) in [5, 5.41) is 3.22. The van der Waals surface area contributed by atoms with Gasteiger partial charge in [-0.15, -0.1) is 11.3 Å². The molecular formula is C19H16O3S. The van der Waals surface area contributed by atoms with Crippen LogP contribution >= 0.6 is 11.3 Å². The molecule has 23 heavy (non-hydrogen) atoms. The molecule has 0 saturated carbocycles. The van der Waals surface area contributed by atoms with E-state index < -0.39 is 0 Å². The van der Waals surface area contributed by atoms with Crippen molar-refractivity contribution in [2.45, 2.75) is 13.0 Å². The van der Waals surface area contributed by atoms with E-state index in [1.165, 1.54) is 4.70 Å². The largest absolute Gasteiger partial charge is 0.492 e. The van der Waals surface area contributed by atoms with Gasteiger partial charge in [-0.05, 0) is 34.9 Å². The highest BCUT2D eigenvalue weighted by Crippen LogP contribution is 2.29. The van der Waals surface area contributed by atoms with Gasteiger partial charge in [0.05, 0.1) is 5.92 Å². The van der Waals surface area contributed by atoms with Crippen molar-refractivity contribution in [3.63, 3.8) is 0 Å². The molecular weight excluding hydrogens is 308 g/mol. The molecule has 1 aromatic heterocycles. The van der Waals surface area contributed by atoms with Crippen molar-refractivity contribution < 1.29 is 14.3 Å². The second-order valence-electron chi connectivity index (χ2n) is 5.68. The highest BCUT2D eigenvalue weighted by atomic mass is 32.1. The van der Waals surface area contributed by atoms with Crippen LogP contribution in [0.4, 0.5) is 0 Å². The molecule has 3 aromatic rings. The fourth-order valence-corrected chi connectivity index (χ4v) is 3.84. The molecule has 1 atom stereocenters. The number of ether oxygens (including phenoxy) is 2. The molecule has 4 heteroatoms. The van der Waals surface area contributed by atoms with Crippen molar-refractivity contribution in [2.75, 3.05) is 6.61 Å². The van der Waals surface area contributed by atoms with Crippen LogP contribution in [-0.2, 0) is 22.6 Å². The van der Waals surface area contributed by atoms with Gasteiger partial charge in [0.15, 0.2) is 0 Å². The molecule has 0 saturated heterocycles. The fraction of sp³-hybridized carbons (Fsp3) is 0.211. The third-order valence-electron chi connectivity index (χ3n) is 4.14. The van der Waals surface area contributed by atoms with Crippen molar-refractivity contribution >= 4 is 27.4 Å². The summed E-state index contributed by atoms with van der Waals surface area (Å²) in [6.45, 7) is 0.710. The Labute approximate surface area is 138 Å². The Balaban J connectivity index is 1.43. The van der Waals surface area contributed by atoms with Gasteiger partial charge in [-0.3, -0.25) is 4.79 Å². The number of esters is 1. The summed E-state index contributed by atoms with van der Waals surface area (Å²) in [6, 6.07) is 16.0. The molecule has 1 unspecified atom stereocenters. The molecule has 1 aliphatic heterocycles. The van der Waals surface area contributed by atoms with Gasteiger partial charge < -0.3 is 9.47 Å². The van der Waals surface area contributed by atoms with Crippen LogP contribution in [0.5, 0.6) is 5.75 Å². The third-order valence-corrected chi connectivity index (χ3v) is 5.16. The van der Waals surface area contributed by atoms with Crippen molar-refractivity contribution in [1.29, 1.82) is 0 Å². The molecule has 0 bridgehead atoms. The molecule has 2 heterocycles. The maximum atomic E-state index is 12.3. The number of benzene rings is 2. The number of fused-ring (bicyclic) bond motifs is 2. The first-order valence-corrected chi connectivity index (χ1v) is 8.51. The van der Waals surface area contributed by atoms with E-state index in [-0.39, 0.29) is 11.9 Å². The topological polar surface area (TPSA) is 35.5 Å². The van der Waals surface area contributed by atoms with E-state index in [9.17, 15) is 4.79 Å².